The van der Waals surface area contributed by atoms with E-state index < -0.39 is 22.0 Å². The zero-order valence-electron chi connectivity index (χ0n) is 15.4. The highest BCUT2D eigenvalue weighted by atomic mass is 32.2. The summed E-state index contributed by atoms with van der Waals surface area (Å²) in [6.07, 6.45) is 1.56. The summed E-state index contributed by atoms with van der Waals surface area (Å²) in [6, 6.07) is 14.9. The van der Waals surface area contributed by atoms with Gasteiger partial charge in [0.1, 0.15) is 11.9 Å². The molecule has 1 aliphatic heterocycles. The minimum absolute atomic E-state index is 0.118. The van der Waals surface area contributed by atoms with E-state index in [1.54, 1.807) is 24.4 Å². The molecule has 0 amide bonds. The first-order chi connectivity index (χ1) is 13.9. The van der Waals surface area contributed by atoms with Gasteiger partial charge in [-0.1, -0.05) is 42.5 Å². The van der Waals surface area contributed by atoms with Crippen molar-refractivity contribution >= 4 is 21.8 Å². The van der Waals surface area contributed by atoms with E-state index in [-0.39, 0.29) is 23.2 Å². The average molecular weight is 411 g/mol. The van der Waals surface area contributed by atoms with Gasteiger partial charge >= 0.3 is 5.97 Å². The Balaban J connectivity index is 1.42. The van der Waals surface area contributed by atoms with Crippen molar-refractivity contribution in [3.8, 4) is 11.3 Å². The monoisotopic (exact) mass is 411 g/mol. The van der Waals surface area contributed by atoms with Crippen LogP contribution >= 0.6 is 0 Å². The van der Waals surface area contributed by atoms with Crippen molar-refractivity contribution in [3.05, 3.63) is 72.2 Å². The van der Waals surface area contributed by atoms with Crippen LogP contribution in [-0.2, 0) is 26.2 Å². The number of fused-ring (bicyclic) bond motifs is 1. The van der Waals surface area contributed by atoms with Crippen LogP contribution in [0.15, 0.2) is 75.1 Å². The first-order valence-electron chi connectivity index (χ1n) is 8.81. The van der Waals surface area contributed by atoms with E-state index in [2.05, 4.69) is 14.7 Å². The summed E-state index contributed by atoms with van der Waals surface area (Å²) in [5.41, 5.74) is 1.29. The Morgan fingerprint density at radius 2 is 1.90 bits per heavy atom. The maximum atomic E-state index is 12.3. The number of hydrogen-bond acceptors (Lipinski definition) is 7. The molecule has 0 unspecified atom stereocenters. The van der Waals surface area contributed by atoms with Crippen molar-refractivity contribution in [2.75, 3.05) is 0 Å². The second-order valence-corrected chi connectivity index (χ2v) is 8.00. The van der Waals surface area contributed by atoms with Gasteiger partial charge < -0.3 is 9.15 Å². The molecule has 29 heavy (non-hydrogen) atoms. The number of rotatable bonds is 5. The normalized spacial score (nSPS) is 16.8. The number of nitrogens with one attached hydrogen (secondary N) is 1. The molecule has 0 saturated carbocycles. The number of hydrogen-bond donors (Lipinski definition) is 1. The van der Waals surface area contributed by atoms with Crippen LogP contribution in [0.5, 0.6) is 0 Å². The molecule has 148 valence electrons. The Kier molecular flexibility index (Phi) is 4.89. The van der Waals surface area contributed by atoms with Gasteiger partial charge in [0.05, 0.1) is 11.1 Å². The molecule has 1 aliphatic rings. The smallest absolute Gasteiger partial charge is 0.331 e. The Morgan fingerprint density at radius 1 is 1.17 bits per heavy atom. The Hall–Kier alpha value is -3.46. The number of carbonyl (C=O) groups excluding carboxylic acids is 1. The van der Waals surface area contributed by atoms with Crippen LogP contribution in [0.25, 0.3) is 11.3 Å². The van der Waals surface area contributed by atoms with Crippen LogP contribution in [0, 0.1) is 0 Å². The second-order valence-electron chi connectivity index (χ2n) is 6.35. The van der Waals surface area contributed by atoms with E-state index in [1.165, 1.54) is 13.0 Å². The van der Waals surface area contributed by atoms with E-state index in [4.69, 9.17) is 9.15 Å². The molecule has 3 aromatic rings. The Bertz CT molecular complexity index is 1190. The van der Waals surface area contributed by atoms with Crippen molar-refractivity contribution in [2.45, 2.75) is 24.5 Å². The van der Waals surface area contributed by atoms with Crippen LogP contribution in [0.3, 0.4) is 0 Å². The molecule has 8 nitrogen and oxygen atoms in total. The zero-order valence-corrected chi connectivity index (χ0v) is 16.2. The molecular formula is C20H17N3O5S. The van der Waals surface area contributed by atoms with Crippen LogP contribution in [0.4, 0.5) is 0 Å². The van der Waals surface area contributed by atoms with Crippen LogP contribution < -0.4 is 4.72 Å². The second kappa shape index (κ2) is 7.51. The predicted molar refractivity (Wildman–Crippen MR) is 104 cm³/mol. The number of oxazole rings is 1. The third-order valence-electron chi connectivity index (χ3n) is 4.28. The number of aliphatic imine (C=N–C) groups is 1. The largest absolute Gasteiger partial charge is 0.454 e. The highest BCUT2D eigenvalue weighted by Crippen LogP contribution is 2.23. The molecule has 0 bridgehead atoms. The number of amidine groups is 1. The molecule has 0 spiro atoms. The maximum absolute atomic E-state index is 12.3. The minimum atomic E-state index is -3.66. The van der Waals surface area contributed by atoms with Gasteiger partial charge in [0, 0.05) is 11.1 Å². The molecule has 2 aromatic carbocycles. The molecule has 2 heterocycles. The summed E-state index contributed by atoms with van der Waals surface area (Å²) >= 11 is 0. The summed E-state index contributed by atoms with van der Waals surface area (Å²) in [5, 5.41) is 0. The molecule has 1 atom stereocenters. The molecule has 0 radical (unpaired) electrons. The molecule has 0 saturated heterocycles. The number of carbonyl (C=O) groups is 1. The van der Waals surface area contributed by atoms with Gasteiger partial charge in [-0.15, -0.1) is 0 Å². The SMILES string of the molecule is C[C@H](N=C1NS(=O)(=O)c2ccccc21)C(=O)OCc1ncc(-c2ccccc2)o1. The maximum Gasteiger partial charge on any atom is 0.331 e. The highest BCUT2D eigenvalue weighted by molar-refractivity contribution is 7.90. The molecule has 1 aromatic heterocycles. The lowest BCUT2D eigenvalue weighted by atomic mass is 10.2. The lowest BCUT2D eigenvalue weighted by Crippen LogP contribution is -2.26. The zero-order chi connectivity index (χ0) is 20.4. The number of aromatic nitrogens is 1. The van der Waals surface area contributed by atoms with Crippen molar-refractivity contribution in [3.63, 3.8) is 0 Å². The summed E-state index contributed by atoms with van der Waals surface area (Å²) in [6.45, 7) is 1.37. The van der Waals surface area contributed by atoms with Crippen LogP contribution in [-0.4, -0.2) is 31.2 Å². The summed E-state index contributed by atoms with van der Waals surface area (Å²) in [7, 11) is -3.66. The van der Waals surface area contributed by atoms with Crippen molar-refractivity contribution in [2.24, 2.45) is 4.99 Å². The van der Waals surface area contributed by atoms with E-state index in [9.17, 15) is 13.2 Å². The number of sulfonamides is 1. The molecule has 9 heteroatoms. The lowest BCUT2D eigenvalue weighted by molar-refractivity contribution is -0.146. The number of esters is 1. The highest BCUT2D eigenvalue weighted by Gasteiger charge is 2.31. The van der Waals surface area contributed by atoms with Gasteiger partial charge in [-0.25, -0.2) is 18.2 Å². The molecule has 0 aliphatic carbocycles. The number of nitrogens with zero attached hydrogens (tertiary/aromatic N) is 2. The van der Waals surface area contributed by atoms with Gasteiger partial charge in [-0.05, 0) is 19.1 Å². The fraction of sp³-hybridized carbons (Fsp3) is 0.150. The molecule has 1 N–H and O–H groups in total. The van der Waals surface area contributed by atoms with E-state index in [0.717, 1.165) is 5.56 Å². The van der Waals surface area contributed by atoms with Crippen LogP contribution in [0.1, 0.15) is 18.4 Å². The average Bonchev–Trinajstić information content (AvgIpc) is 3.30. The lowest BCUT2D eigenvalue weighted by Gasteiger charge is -2.07. The molecular weight excluding hydrogens is 394 g/mol. The first-order valence-corrected chi connectivity index (χ1v) is 10.3. The Labute approximate surface area is 167 Å². The Morgan fingerprint density at radius 3 is 2.69 bits per heavy atom. The molecule has 4 rings (SSSR count). The number of benzene rings is 2. The van der Waals surface area contributed by atoms with Crippen molar-refractivity contribution in [1.29, 1.82) is 0 Å². The summed E-state index contributed by atoms with van der Waals surface area (Å²) in [5.74, 6) is 0.318. The van der Waals surface area contributed by atoms with Gasteiger partial charge in [-0.2, -0.15) is 0 Å². The van der Waals surface area contributed by atoms with Crippen LogP contribution in [0.2, 0.25) is 0 Å². The third kappa shape index (κ3) is 3.90. The topological polar surface area (TPSA) is 111 Å². The van der Waals surface area contributed by atoms with Gasteiger partial charge in [-0.3, -0.25) is 9.71 Å². The standard InChI is InChI=1S/C20H17N3O5S/c1-13(22-19-15-9-5-6-10-17(15)29(25,26)23-19)20(24)27-12-18-21-11-16(28-18)14-7-3-2-4-8-14/h2-11,13H,12H2,1H3,(H,22,23)/t13-/m0/s1. The first kappa shape index (κ1) is 18.9. The number of ether oxygens (including phenoxy) is 1. The quantitative estimate of drug-likeness (QED) is 0.646. The van der Waals surface area contributed by atoms with Crippen molar-refractivity contribution in [1.82, 2.24) is 9.71 Å². The fourth-order valence-electron chi connectivity index (χ4n) is 2.84. The van der Waals surface area contributed by atoms with E-state index in [1.807, 2.05) is 30.3 Å². The van der Waals surface area contributed by atoms with E-state index >= 15 is 0 Å². The molecule has 0 fully saturated rings. The third-order valence-corrected chi connectivity index (χ3v) is 5.67. The van der Waals surface area contributed by atoms with Gasteiger partial charge in [0.2, 0.25) is 5.89 Å². The summed E-state index contributed by atoms with van der Waals surface area (Å²) in [4.78, 5) is 20.7. The predicted octanol–water partition coefficient (Wildman–Crippen LogP) is 2.51. The fourth-order valence-corrected chi connectivity index (χ4v) is 4.08. The van der Waals surface area contributed by atoms with Crippen molar-refractivity contribution < 1.29 is 22.4 Å². The summed E-state index contributed by atoms with van der Waals surface area (Å²) < 4.78 is 37.4. The van der Waals surface area contributed by atoms with Gasteiger partial charge in [0.25, 0.3) is 10.0 Å². The van der Waals surface area contributed by atoms with E-state index in [0.29, 0.717) is 11.3 Å². The minimum Gasteiger partial charge on any atom is -0.454 e. The van der Waals surface area contributed by atoms with Gasteiger partial charge in [0.15, 0.2) is 12.4 Å².